The molecule has 2 aliphatic rings. The molecule has 1 unspecified atom stereocenters. The third-order valence-corrected chi connectivity index (χ3v) is 5.94. The predicted molar refractivity (Wildman–Crippen MR) is 108 cm³/mol. The van der Waals surface area contributed by atoms with Gasteiger partial charge in [-0.3, -0.25) is 4.90 Å². The van der Waals surface area contributed by atoms with E-state index in [9.17, 15) is 13.5 Å². The van der Waals surface area contributed by atoms with E-state index in [4.69, 9.17) is 0 Å². The second-order valence-electron chi connectivity index (χ2n) is 6.79. The molecule has 1 atom stereocenters. The van der Waals surface area contributed by atoms with E-state index in [0.29, 0.717) is 11.4 Å². The third-order valence-electron chi connectivity index (χ3n) is 4.66. The van der Waals surface area contributed by atoms with Crippen LogP contribution in [0.5, 0.6) is 0 Å². The fourth-order valence-corrected chi connectivity index (χ4v) is 4.12. The molecule has 0 fully saturated rings. The number of aliphatic imine (C=N–C) groups is 1. The van der Waals surface area contributed by atoms with Gasteiger partial charge in [0.2, 0.25) is 11.6 Å². The number of amidine groups is 2. The number of hydrogen-bond donors (Lipinski definition) is 1. The third kappa shape index (κ3) is 2.98. The standard InChI is InChI=1S/C21H19N3O3S/c1-15-8-11-18(12-9-15)28(26,27)23-20-21(25,17-6-4-3-5-7-17)24-14-16(2)10-13-19(24)22-20/h3-14,25H,1-2H3. The van der Waals surface area contributed by atoms with Crippen molar-refractivity contribution in [2.24, 2.45) is 9.39 Å². The van der Waals surface area contributed by atoms with Gasteiger partial charge in [0.25, 0.3) is 10.0 Å². The number of nitrogens with zero attached hydrogens (tertiary/aromatic N) is 3. The molecule has 4 rings (SSSR count). The first-order valence-corrected chi connectivity index (χ1v) is 10.2. The highest BCUT2D eigenvalue weighted by molar-refractivity contribution is 7.90. The zero-order valence-corrected chi connectivity index (χ0v) is 16.3. The Labute approximate surface area is 163 Å². The Bertz CT molecular complexity index is 1150. The summed E-state index contributed by atoms with van der Waals surface area (Å²) in [4.78, 5) is 5.93. The lowest BCUT2D eigenvalue weighted by atomic mass is 10.00. The lowest BCUT2D eigenvalue weighted by molar-refractivity contribution is 0.0218. The average molecular weight is 393 g/mol. The van der Waals surface area contributed by atoms with Crippen molar-refractivity contribution in [3.63, 3.8) is 0 Å². The summed E-state index contributed by atoms with van der Waals surface area (Å²) in [7, 11) is -4.05. The van der Waals surface area contributed by atoms with Crippen LogP contribution in [0.15, 0.2) is 92.8 Å². The van der Waals surface area contributed by atoms with Crippen molar-refractivity contribution in [1.82, 2.24) is 4.90 Å². The molecule has 2 aromatic carbocycles. The smallest absolute Gasteiger partial charge is 0.284 e. The molecular weight excluding hydrogens is 374 g/mol. The van der Waals surface area contributed by atoms with Crippen LogP contribution in [-0.4, -0.2) is 30.1 Å². The van der Waals surface area contributed by atoms with Gasteiger partial charge in [-0.15, -0.1) is 4.40 Å². The largest absolute Gasteiger partial charge is 0.360 e. The Morgan fingerprint density at radius 1 is 1.00 bits per heavy atom. The van der Waals surface area contributed by atoms with Crippen LogP contribution in [-0.2, 0) is 15.7 Å². The summed E-state index contributed by atoms with van der Waals surface area (Å²) >= 11 is 0. The van der Waals surface area contributed by atoms with Gasteiger partial charge in [0.15, 0.2) is 0 Å². The quantitative estimate of drug-likeness (QED) is 0.869. The van der Waals surface area contributed by atoms with E-state index in [1.165, 1.54) is 12.1 Å². The van der Waals surface area contributed by atoms with Gasteiger partial charge in [-0.05, 0) is 37.6 Å². The van der Waals surface area contributed by atoms with Crippen molar-refractivity contribution in [2.75, 3.05) is 0 Å². The molecule has 7 heteroatoms. The molecule has 28 heavy (non-hydrogen) atoms. The van der Waals surface area contributed by atoms with Gasteiger partial charge in [-0.2, -0.15) is 8.42 Å². The van der Waals surface area contributed by atoms with Crippen LogP contribution in [0.2, 0.25) is 0 Å². The molecule has 0 radical (unpaired) electrons. The van der Waals surface area contributed by atoms with Crippen LogP contribution in [0.4, 0.5) is 0 Å². The SMILES string of the molecule is CC1=CN2C(=NC(=NS(=O)(=O)c3ccc(C)cc3)C2(O)c2ccccc2)C=C1. The summed E-state index contributed by atoms with van der Waals surface area (Å²) in [5, 5.41) is 11.6. The fourth-order valence-electron chi connectivity index (χ4n) is 3.14. The van der Waals surface area contributed by atoms with Gasteiger partial charge in [-0.25, -0.2) is 4.99 Å². The second-order valence-corrected chi connectivity index (χ2v) is 8.39. The molecule has 1 N–H and O–H groups in total. The summed E-state index contributed by atoms with van der Waals surface area (Å²) in [6.07, 6.45) is 5.30. The van der Waals surface area contributed by atoms with Crippen LogP contribution in [0.3, 0.4) is 0 Å². The highest BCUT2D eigenvalue weighted by Crippen LogP contribution is 2.37. The highest BCUT2D eigenvalue weighted by atomic mass is 32.2. The summed E-state index contributed by atoms with van der Waals surface area (Å²) in [6, 6.07) is 15.2. The van der Waals surface area contributed by atoms with Gasteiger partial charge in [0.1, 0.15) is 5.84 Å². The lowest BCUT2D eigenvalue weighted by Crippen LogP contribution is -2.46. The van der Waals surface area contributed by atoms with Crippen molar-refractivity contribution in [3.05, 3.63) is 89.6 Å². The maximum atomic E-state index is 12.9. The lowest BCUT2D eigenvalue weighted by Gasteiger charge is -2.34. The van der Waals surface area contributed by atoms with Gasteiger partial charge in [-0.1, -0.05) is 54.1 Å². The summed E-state index contributed by atoms with van der Waals surface area (Å²) in [6.45, 7) is 3.76. The van der Waals surface area contributed by atoms with Crippen LogP contribution in [0.25, 0.3) is 0 Å². The molecule has 2 aromatic rings. The maximum Gasteiger partial charge on any atom is 0.284 e. The molecule has 6 nitrogen and oxygen atoms in total. The first-order chi connectivity index (χ1) is 13.3. The normalized spacial score (nSPS) is 22.8. The molecule has 0 aromatic heterocycles. The van der Waals surface area contributed by atoms with Gasteiger partial charge >= 0.3 is 0 Å². The van der Waals surface area contributed by atoms with E-state index in [0.717, 1.165) is 11.1 Å². The van der Waals surface area contributed by atoms with Crippen molar-refractivity contribution >= 4 is 21.7 Å². The number of aliphatic hydroxyl groups is 1. The van der Waals surface area contributed by atoms with Crippen LogP contribution < -0.4 is 0 Å². The van der Waals surface area contributed by atoms with E-state index in [2.05, 4.69) is 9.39 Å². The summed E-state index contributed by atoms with van der Waals surface area (Å²) in [5.41, 5.74) is 0.499. The molecule has 2 heterocycles. The van der Waals surface area contributed by atoms with Gasteiger partial charge in [0, 0.05) is 11.8 Å². The number of hydrogen-bond acceptors (Lipinski definition) is 4. The van der Waals surface area contributed by atoms with Crippen molar-refractivity contribution < 1.29 is 13.5 Å². The van der Waals surface area contributed by atoms with Crippen LogP contribution in [0.1, 0.15) is 18.1 Å². The molecule has 0 saturated heterocycles. The summed E-state index contributed by atoms with van der Waals surface area (Å²) in [5.74, 6) is 0.236. The minimum Gasteiger partial charge on any atom is -0.360 e. The second kappa shape index (κ2) is 6.54. The predicted octanol–water partition coefficient (Wildman–Crippen LogP) is 3.12. The highest BCUT2D eigenvalue weighted by Gasteiger charge is 2.49. The molecule has 0 bridgehead atoms. The Morgan fingerprint density at radius 2 is 1.68 bits per heavy atom. The van der Waals surface area contributed by atoms with Gasteiger partial charge < -0.3 is 5.11 Å². The molecule has 142 valence electrons. The van der Waals surface area contributed by atoms with E-state index in [-0.39, 0.29) is 10.7 Å². The zero-order chi connectivity index (χ0) is 19.9. The number of rotatable bonds is 3. The van der Waals surface area contributed by atoms with Crippen molar-refractivity contribution in [2.45, 2.75) is 24.5 Å². The zero-order valence-electron chi connectivity index (χ0n) is 15.4. The summed E-state index contributed by atoms with van der Waals surface area (Å²) < 4.78 is 29.7. The van der Waals surface area contributed by atoms with E-state index in [1.807, 2.05) is 26.0 Å². The monoisotopic (exact) mass is 393 g/mol. The minimum absolute atomic E-state index is 0.0494. The first kappa shape index (κ1) is 18.3. The Kier molecular flexibility index (Phi) is 4.28. The van der Waals surface area contributed by atoms with Crippen molar-refractivity contribution in [1.29, 1.82) is 0 Å². The molecule has 2 aliphatic heterocycles. The number of sulfonamides is 1. The fraction of sp³-hybridized carbons (Fsp3) is 0.143. The van der Waals surface area contributed by atoms with E-state index < -0.39 is 15.7 Å². The number of allylic oxidation sites excluding steroid dienone is 2. The molecule has 0 aliphatic carbocycles. The van der Waals surface area contributed by atoms with Crippen LogP contribution >= 0.6 is 0 Å². The van der Waals surface area contributed by atoms with E-state index >= 15 is 0 Å². The Balaban J connectivity index is 1.89. The van der Waals surface area contributed by atoms with Gasteiger partial charge in [0.05, 0.1) is 4.90 Å². The molecule has 0 spiro atoms. The first-order valence-electron chi connectivity index (χ1n) is 8.75. The van der Waals surface area contributed by atoms with E-state index in [1.54, 1.807) is 53.6 Å². The molecular formula is C21H19N3O3S. The minimum atomic E-state index is -4.05. The number of fused-ring (bicyclic) bond motifs is 1. The number of benzene rings is 2. The van der Waals surface area contributed by atoms with Crippen LogP contribution in [0, 0.1) is 6.92 Å². The van der Waals surface area contributed by atoms with Crippen molar-refractivity contribution in [3.8, 4) is 0 Å². The Hall–Kier alpha value is -3.03. The number of aryl methyl sites for hydroxylation is 1. The topological polar surface area (TPSA) is 82.3 Å². The average Bonchev–Trinajstić information content (AvgIpc) is 2.95. The maximum absolute atomic E-state index is 12.9. The Morgan fingerprint density at radius 3 is 2.36 bits per heavy atom. The molecule has 0 amide bonds. The molecule has 0 saturated carbocycles.